The largest absolute Gasteiger partial charge is 0.331 e. The summed E-state index contributed by atoms with van der Waals surface area (Å²) in [6.45, 7) is 12.3. The molecule has 5 heteroatoms. The molecule has 0 unspecified atom stereocenters. The van der Waals surface area contributed by atoms with Crippen LogP contribution in [0.15, 0.2) is 46.6 Å². The van der Waals surface area contributed by atoms with Crippen LogP contribution >= 0.6 is 12.2 Å². The number of carbonyl (C=O) groups is 1. The highest BCUT2D eigenvalue weighted by atomic mass is 32.1. The molecule has 7 atom stereocenters. The molecule has 39 heavy (non-hydrogen) atoms. The minimum absolute atomic E-state index is 0.130. The van der Waals surface area contributed by atoms with E-state index < -0.39 is 0 Å². The van der Waals surface area contributed by atoms with Crippen LogP contribution in [0.5, 0.6) is 0 Å². The van der Waals surface area contributed by atoms with Crippen molar-refractivity contribution in [1.82, 2.24) is 5.43 Å². The van der Waals surface area contributed by atoms with Crippen LogP contribution in [0.25, 0.3) is 0 Å². The fraction of sp³-hybridized carbons (Fsp3) is 0.676. The maximum absolute atomic E-state index is 12.7. The third kappa shape index (κ3) is 5.49. The van der Waals surface area contributed by atoms with Gasteiger partial charge in [0.15, 0.2) is 5.11 Å². The number of nitrogens with one attached hydrogen (secondary N) is 2. The van der Waals surface area contributed by atoms with Gasteiger partial charge in [-0.25, -0.2) is 0 Å². The Bertz CT molecular complexity index is 1130. The molecule has 0 radical (unpaired) electrons. The lowest BCUT2D eigenvalue weighted by molar-refractivity contribution is -0.121. The van der Waals surface area contributed by atoms with Gasteiger partial charge in [0, 0.05) is 18.5 Å². The Kier molecular flexibility index (Phi) is 8.38. The number of ketones is 1. The molecule has 0 bridgehead atoms. The van der Waals surface area contributed by atoms with Crippen LogP contribution in [0.4, 0.5) is 5.69 Å². The fourth-order valence-corrected chi connectivity index (χ4v) is 9.57. The summed E-state index contributed by atoms with van der Waals surface area (Å²) in [5.74, 6) is 4.58. The maximum atomic E-state index is 12.7. The van der Waals surface area contributed by atoms with E-state index in [-0.39, 0.29) is 5.41 Å². The molecular formula is C34H49N3OS. The average Bonchev–Trinajstić information content (AvgIpc) is 3.36. The van der Waals surface area contributed by atoms with Gasteiger partial charge in [-0.15, -0.1) is 0 Å². The molecule has 0 spiro atoms. The molecule has 3 fully saturated rings. The smallest absolute Gasteiger partial charge is 0.191 e. The van der Waals surface area contributed by atoms with E-state index >= 15 is 0 Å². The lowest BCUT2D eigenvalue weighted by Gasteiger charge is -2.52. The van der Waals surface area contributed by atoms with Crippen molar-refractivity contribution in [3.63, 3.8) is 0 Å². The van der Waals surface area contributed by atoms with Crippen molar-refractivity contribution in [3.05, 3.63) is 41.5 Å². The number of hydrogen-bond donors (Lipinski definition) is 2. The summed E-state index contributed by atoms with van der Waals surface area (Å²) in [6.07, 6.45) is 13.7. The second kappa shape index (κ2) is 11.5. The van der Waals surface area contributed by atoms with Crippen molar-refractivity contribution in [2.45, 2.75) is 98.8 Å². The zero-order valence-electron chi connectivity index (χ0n) is 24.8. The zero-order valence-corrected chi connectivity index (χ0v) is 25.6. The predicted octanol–water partition coefficient (Wildman–Crippen LogP) is 8.55. The van der Waals surface area contributed by atoms with Crippen molar-refractivity contribution < 1.29 is 4.79 Å². The first kappa shape index (κ1) is 28.5. The van der Waals surface area contributed by atoms with Crippen LogP contribution in [-0.2, 0) is 4.79 Å². The number of benzene rings is 1. The van der Waals surface area contributed by atoms with Gasteiger partial charge < -0.3 is 5.32 Å². The zero-order chi connectivity index (χ0) is 27.8. The van der Waals surface area contributed by atoms with E-state index in [2.05, 4.69) is 56.7 Å². The molecule has 0 saturated heterocycles. The number of Topliss-reactive ketones (excluding diaryl/α,β-unsaturated/α-hetero) is 1. The number of nitrogens with zero attached hydrogens (tertiary/aromatic N) is 1. The number of para-hydroxylation sites is 1. The Morgan fingerprint density at radius 2 is 1.85 bits per heavy atom. The predicted molar refractivity (Wildman–Crippen MR) is 167 cm³/mol. The molecule has 4 aliphatic carbocycles. The fourth-order valence-electron chi connectivity index (χ4n) is 9.40. The first-order valence-corrected chi connectivity index (χ1v) is 15.9. The van der Waals surface area contributed by atoms with Crippen LogP contribution < -0.4 is 10.7 Å². The van der Waals surface area contributed by atoms with Gasteiger partial charge in [0.2, 0.25) is 0 Å². The van der Waals surface area contributed by atoms with Crippen LogP contribution in [0.3, 0.4) is 0 Å². The highest BCUT2D eigenvalue weighted by molar-refractivity contribution is 7.80. The van der Waals surface area contributed by atoms with Gasteiger partial charge in [-0.2, -0.15) is 5.10 Å². The lowest BCUT2D eigenvalue weighted by atomic mass is 9.52. The van der Waals surface area contributed by atoms with Gasteiger partial charge in [-0.05, 0) is 108 Å². The number of anilines is 1. The Morgan fingerprint density at radius 1 is 1.08 bits per heavy atom. The number of hydrazone groups is 1. The van der Waals surface area contributed by atoms with E-state index in [4.69, 9.17) is 12.2 Å². The summed E-state index contributed by atoms with van der Waals surface area (Å²) in [5.41, 5.74) is 7.27. The molecule has 1 aromatic carbocycles. The molecule has 212 valence electrons. The third-order valence-corrected chi connectivity index (χ3v) is 11.6. The second-order valence-electron chi connectivity index (χ2n) is 14.0. The van der Waals surface area contributed by atoms with Gasteiger partial charge in [0.25, 0.3) is 0 Å². The van der Waals surface area contributed by atoms with Gasteiger partial charge in [0.05, 0.1) is 6.21 Å². The van der Waals surface area contributed by atoms with Crippen molar-refractivity contribution in [1.29, 1.82) is 0 Å². The van der Waals surface area contributed by atoms with Gasteiger partial charge >= 0.3 is 0 Å². The number of carbonyl (C=O) groups excluding carboxylic acids is 1. The van der Waals surface area contributed by atoms with Crippen molar-refractivity contribution in [2.75, 3.05) is 5.32 Å². The summed E-state index contributed by atoms with van der Waals surface area (Å²) in [5, 5.41) is 8.39. The molecular weight excluding hydrogens is 498 g/mol. The van der Waals surface area contributed by atoms with Crippen molar-refractivity contribution in [3.8, 4) is 0 Å². The first-order chi connectivity index (χ1) is 18.6. The summed E-state index contributed by atoms with van der Waals surface area (Å²) in [6, 6.07) is 9.95. The topological polar surface area (TPSA) is 53.5 Å². The number of hydrogen-bond acceptors (Lipinski definition) is 3. The van der Waals surface area contributed by atoms with Gasteiger partial charge in [-0.1, -0.05) is 77.7 Å². The van der Waals surface area contributed by atoms with Crippen molar-refractivity contribution >= 4 is 35.0 Å². The third-order valence-electron chi connectivity index (χ3n) is 11.4. The molecule has 5 rings (SSSR count). The standard InChI is InChI=1S/C34H49N3OS/c1-22(2)10-9-11-23(3)27-14-15-28-31-26(21-35-37-32(39)36-24-12-7-6-8-13-24)30-20-25(38)16-18-34(30,5)29(31)17-19-33(27,28)4/h6-8,12-13,21-23,27-29,31H,9-11,14-20H2,1-5H3,(H2,36,37,39)/b35-21+/t23-,27-,28+,29+,31+,33-,34-/m1/s1. The van der Waals surface area contributed by atoms with Crippen molar-refractivity contribution in [2.24, 2.45) is 51.4 Å². The van der Waals surface area contributed by atoms with Gasteiger partial charge in [-0.3, -0.25) is 10.2 Å². The number of allylic oxidation sites excluding steroid dienone is 2. The summed E-state index contributed by atoms with van der Waals surface area (Å²) in [4.78, 5) is 12.7. The Labute approximate surface area is 241 Å². The Morgan fingerprint density at radius 3 is 2.59 bits per heavy atom. The van der Waals surface area contributed by atoms with Crippen LogP contribution in [0.2, 0.25) is 0 Å². The molecule has 3 saturated carbocycles. The molecule has 0 heterocycles. The number of fused-ring (bicyclic) bond motifs is 5. The van der Waals surface area contributed by atoms with E-state index in [0.717, 1.165) is 36.3 Å². The highest BCUT2D eigenvalue weighted by Crippen LogP contribution is 2.69. The van der Waals surface area contributed by atoms with E-state index in [9.17, 15) is 4.79 Å². The minimum Gasteiger partial charge on any atom is -0.331 e. The molecule has 4 aliphatic rings. The normalized spacial score (nSPS) is 34.7. The highest BCUT2D eigenvalue weighted by Gasteiger charge is 2.62. The Balaban J connectivity index is 1.38. The average molecular weight is 548 g/mol. The van der Waals surface area contributed by atoms with Crippen LogP contribution in [-0.4, -0.2) is 17.1 Å². The molecule has 4 nitrogen and oxygen atoms in total. The monoisotopic (exact) mass is 547 g/mol. The summed E-state index contributed by atoms with van der Waals surface area (Å²) >= 11 is 5.53. The van der Waals surface area contributed by atoms with E-state index in [1.807, 2.05) is 30.3 Å². The molecule has 0 aromatic heterocycles. The first-order valence-electron chi connectivity index (χ1n) is 15.5. The SMILES string of the molecule is CC(C)CCC[C@@H](C)[C@H]1CC[C@H]2[C@@H]3C(/C=N/NC(=S)Nc4ccccc4)=C4CC(=O)CC[C@]4(C)[C@H]3CC[C@]12C. The molecule has 2 N–H and O–H groups in total. The lowest BCUT2D eigenvalue weighted by Crippen LogP contribution is -2.45. The summed E-state index contributed by atoms with van der Waals surface area (Å²) in [7, 11) is 0. The number of thiocarbonyl (C=S) groups is 1. The van der Waals surface area contributed by atoms with E-state index in [0.29, 0.717) is 40.5 Å². The van der Waals surface area contributed by atoms with Crippen LogP contribution in [0.1, 0.15) is 98.8 Å². The van der Waals surface area contributed by atoms with E-state index in [1.54, 1.807) is 0 Å². The second-order valence-corrected chi connectivity index (χ2v) is 14.4. The molecule has 0 aliphatic heterocycles. The molecule has 0 amide bonds. The number of rotatable bonds is 8. The van der Waals surface area contributed by atoms with Crippen LogP contribution in [0, 0.1) is 46.3 Å². The van der Waals surface area contributed by atoms with E-state index in [1.165, 1.54) is 56.1 Å². The minimum atomic E-state index is 0.130. The molecule has 1 aromatic rings. The Hall–Kier alpha value is -2.01. The summed E-state index contributed by atoms with van der Waals surface area (Å²) < 4.78 is 0. The quantitative estimate of drug-likeness (QED) is 0.194. The van der Waals surface area contributed by atoms with Gasteiger partial charge in [0.1, 0.15) is 5.78 Å². The maximum Gasteiger partial charge on any atom is 0.191 e.